The van der Waals surface area contributed by atoms with Gasteiger partial charge in [0.05, 0.1) is 12.1 Å². The Hall–Kier alpha value is -1.03. The van der Waals surface area contributed by atoms with Crippen LogP contribution in [0.4, 0.5) is 4.79 Å². The van der Waals surface area contributed by atoms with Gasteiger partial charge in [-0.25, -0.2) is 4.79 Å². The summed E-state index contributed by atoms with van der Waals surface area (Å²) < 4.78 is 5.33. The highest BCUT2D eigenvalue weighted by molar-refractivity contribution is 5.68. The summed E-state index contributed by atoms with van der Waals surface area (Å²) in [5, 5.41) is 13.4. The summed E-state index contributed by atoms with van der Waals surface area (Å²) in [6, 6.07) is -0.326. The summed E-state index contributed by atoms with van der Waals surface area (Å²) in [6.07, 6.45) is 11.3. The van der Waals surface area contributed by atoms with Crippen LogP contribution in [0.5, 0.6) is 0 Å². The summed E-state index contributed by atoms with van der Waals surface area (Å²) in [6.45, 7) is 9.62. The second-order valence-electron chi connectivity index (χ2n) is 8.22. The van der Waals surface area contributed by atoms with E-state index in [9.17, 15) is 9.90 Å². The molecule has 24 heavy (non-hydrogen) atoms. The Labute approximate surface area is 148 Å². The van der Waals surface area contributed by atoms with Crippen molar-refractivity contribution in [2.24, 2.45) is 11.8 Å². The molecule has 0 radical (unpaired) electrons. The molecule has 4 nitrogen and oxygen atoms in total. The lowest BCUT2D eigenvalue weighted by Crippen LogP contribution is -2.48. The van der Waals surface area contributed by atoms with Gasteiger partial charge in [-0.05, 0) is 39.0 Å². The van der Waals surface area contributed by atoms with Crippen LogP contribution in [-0.2, 0) is 4.74 Å². The molecule has 0 aliphatic heterocycles. The van der Waals surface area contributed by atoms with Gasteiger partial charge in [0.1, 0.15) is 5.60 Å². The van der Waals surface area contributed by atoms with E-state index in [0.717, 1.165) is 18.8 Å². The smallest absolute Gasteiger partial charge is 0.407 e. The van der Waals surface area contributed by atoms with Crippen molar-refractivity contribution < 1.29 is 14.6 Å². The maximum Gasteiger partial charge on any atom is 0.407 e. The van der Waals surface area contributed by atoms with Crippen LogP contribution >= 0.6 is 0 Å². The molecule has 1 aliphatic carbocycles. The number of hydrogen-bond acceptors (Lipinski definition) is 3. The second-order valence-corrected chi connectivity index (χ2v) is 8.22. The molecule has 0 aromatic heterocycles. The second kappa shape index (κ2) is 10.1. The zero-order valence-electron chi connectivity index (χ0n) is 16.2. The lowest BCUT2D eigenvalue weighted by atomic mass is 9.86. The molecule has 0 bridgehead atoms. The van der Waals surface area contributed by atoms with Gasteiger partial charge in [-0.1, -0.05) is 64.5 Å². The Balaban J connectivity index is 2.57. The van der Waals surface area contributed by atoms with Gasteiger partial charge >= 0.3 is 6.09 Å². The third-order valence-electron chi connectivity index (χ3n) is 4.84. The number of hydrogen-bond donors (Lipinski definition) is 2. The summed E-state index contributed by atoms with van der Waals surface area (Å²) in [5.74, 6) is 0.926. The third-order valence-corrected chi connectivity index (χ3v) is 4.84. The van der Waals surface area contributed by atoms with Crippen LogP contribution in [0.1, 0.15) is 79.6 Å². The van der Waals surface area contributed by atoms with Crippen molar-refractivity contribution in [1.29, 1.82) is 0 Å². The number of ether oxygens (including phenoxy) is 1. The van der Waals surface area contributed by atoms with Crippen LogP contribution in [0.25, 0.3) is 0 Å². The van der Waals surface area contributed by atoms with Crippen LogP contribution < -0.4 is 5.32 Å². The van der Waals surface area contributed by atoms with E-state index in [2.05, 4.69) is 18.3 Å². The van der Waals surface area contributed by atoms with Crippen molar-refractivity contribution >= 4 is 6.09 Å². The summed E-state index contributed by atoms with van der Waals surface area (Å²) >= 11 is 0. The first-order valence-corrected chi connectivity index (χ1v) is 9.57. The van der Waals surface area contributed by atoms with E-state index in [-0.39, 0.29) is 12.0 Å². The molecular formula is C20H37NO3. The van der Waals surface area contributed by atoms with Crippen molar-refractivity contribution in [3.05, 3.63) is 12.2 Å². The Morgan fingerprint density at radius 2 is 1.92 bits per heavy atom. The fourth-order valence-corrected chi connectivity index (χ4v) is 3.21. The topological polar surface area (TPSA) is 58.6 Å². The molecule has 140 valence electrons. The van der Waals surface area contributed by atoms with Gasteiger partial charge < -0.3 is 15.2 Å². The molecule has 0 unspecified atom stereocenters. The van der Waals surface area contributed by atoms with Crippen LogP contribution in [0, 0.1) is 11.8 Å². The first-order chi connectivity index (χ1) is 11.2. The standard InChI is InChI=1S/C20H37NO3/c1-6-15(2)18(21-19(23)24-20(3,4)5)17(22)14-10-13-16-11-8-7-9-12-16/h10,14-18,22H,6-9,11-13H2,1-5H3,(H,21,23)/b14-10+/t15-,17+,18-/m0/s1. The van der Waals surface area contributed by atoms with Gasteiger partial charge in [0, 0.05) is 0 Å². The number of aliphatic hydroxyl groups is 1. The maximum absolute atomic E-state index is 12.0. The summed E-state index contributed by atoms with van der Waals surface area (Å²) in [7, 11) is 0. The molecule has 0 heterocycles. The highest BCUT2D eigenvalue weighted by Crippen LogP contribution is 2.26. The molecule has 0 aromatic rings. The van der Waals surface area contributed by atoms with Crippen LogP contribution in [0.15, 0.2) is 12.2 Å². The van der Waals surface area contributed by atoms with Crippen molar-refractivity contribution in [2.75, 3.05) is 0 Å². The van der Waals surface area contributed by atoms with Gasteiger partial charge in [0.25, 0.3) is 0 Å². The molecule has 1 amide bonds. The van der Waals surface area contributed by atoms with E-state index in [4.69, 9.17) is 4.74 Å². The van der Waals surface area contributed by atoms with Gasteiger partial charge in [-0.3, -0.25) is 0 Å². The van der Waals surface area contributed by atoms with E-state index in [1.54, 1.807) is 0 Å². The fraction of sp³-hybridized carbons (Fsp3) is 0.850. The average molecular weight is 340 g/mol. The fourth-order valence-electron chi connectivity index (χ4n) is 3.21. The Morgan fingerprint density at radius 3 is 2.46 bits per heavy atom. The highest BCUT2D eigenvalue weighted by atomic mass is 16.6. The maximum atomic E-state index is 12.0. The number of aliphatic hydroxyl groups excluding tert-OH is 1. The minimum atomic E-state index is -0.684. The number of carbonyl (C=O) groups is 1. The van der Waals surface area contributed by atoms with Gasteiger partial charge in [0.15, 0.2) is 0 Å². The van der Waals surface area contributed by atoms with Gasteiger partial charge in [-0.15, -0.1) is 0 Å². The van der Waals surface area contributed by atoms with Gasteiger partial charge in [-0.2, -0.15) is 0 Å². The molecule has 1 rings (SSSR count). The summed E-state index contributed by atoms with van der Waals surface area (Å²) in [4.78, 5) is 12.0. The average Bonchev–Trinajstić information content (AvgIpc) is 2.51. The Morgan fingerprint density at radius 1 is 1.29 bits per heavy atom. The number of alkyl carbamates (subject to hydrolysis) is 1. The van der Waals surface area contributed by atoms with Gasteiger partial charge in [0.2, 0.25) is 0 Å². The first kappa shape index (κ1) is 21.0. The van der Waals surface area contributed by atoms with E-state index in [1.165, 1.54) is 32.1 Å². The van der Waals surface area contributed by atoms with Crippen LogP contribution in [0.2, 0.25) is 0 Å². The highest BCUT2D eigenvalue weighted by Gasteiger charge is 2.27. The Bertz CT molecular complexity index is 394. The number of carbonyl (C=O) groups excluding carboxylic acids is 1. The predicted molar refractivity (Wildman–Crippen MR) is 99.0 cm³/mol. The van der Waals surface area contributed by atoms with Crippen LogP contribution in [0.3, 0.4) is 0 Å². The molecule has 4 heteroatoms. The van der Waals surface area contributed by atoms with E-state index >= 15 is 0 Å². The molecule has 3 atom stereocenters. The number of amides is 1. The quantitative estimate of drug-likeness (QED) is 0.654. The minimum absolute atomic E-state index is 0.173. The van der Waals surface area contributed by atoms with Crippen molar-refractivity contribution in [3.8, 4) is 0 Å². The molecule has 1 saturated carbocycles. The largest absolute Gasteiger partial charge is 0.444 e. The van der Waals surface area contributed by atoms with Crippen molar-refractivity contribution in [2.45, 2.75) is 97.3 Å². The molecule has 0 aromatic carbocycles. The third kappa shape index (κ3) is 8.18. The molecular weight excluding hydrogens is 302 g/mol. The van der Waals surface area contributed by atoms with E-state index < -0.39 is 17.8 Å². The van der Waals surface area contributed by atoms with Crippen molar-refractivity contribution in [3.63, 3.8) is 0 Å². The lowest BCUT2D eigenvalue weighted by molar-refractivity contribution is 0.0414. The number of rotatable bonds is 7. The van der Waals surface area contributed by atoms with E-state index in [0.29, 0.717) is 0 Å². The number of nitrogens with one attached hydrogen (secondary N) is 1. The monoisotopic (exact) mass is 339 g/mol. The molecule has 1 fully saturated rings. The zero-order valence-corrected chi connectivity index (χ0v) is 16.2. The normalized spacial score (nSPS) is 20.6. The van der Waals surface area contributed by atoms with Crippen LogP contribution in [-0.4, -0.2) is 28.9 Å². The minimum Gasteiger partial charge on any atom is -0.444 e. The molecule has 0 spiro atoms. The first-order valence-electron chi connectivity index (χ1n) is 9.57. The zero-order chi connectivity index (χ0) is 18.2. The van der Waals surface area contributed by atoms with E-state index in [1.807, 2.05) is 33.8 Å². The number of allylic oxidation sites excluding steroid dienone is 1. The lowest BCUT2D eigenvalue weighted by Gasteiger charge is -2.29. The molecule has 1 aliphatic rings. The SMILES string of the molecule is CC[C@H](C)[C@H](NC(=O)OC(C)(C)C)[C@H](O)/C=C/CC1CCCCC1. The summed E-state index contributed by atoms with van der Waals surface area (Å²) in [5.41, 5.74) is -0.536. The predicted octanol–water partition coefficient (Wildman–Crippen LogP) is 4.81. The van der Waals surface area contributed by atoms with Crippen molar-refractivity contribution in [1.82, 2.24) is 5.32 Å². The molecule has 0 saturated heterocycles. The Kier molecular flexibility index (Phi) is 8.82. The molecule has 2 N–H and O–H groups in total.